The van der Waals surface area contributed by atoms with Crippen molar-refractivity contribution in [1.29, 1.82) is 0 Å². The predicted molar refractivity (Wildman–Crippen MR) is 36.1 cm³/mol. The minimum absolute atomic E-state index is 0.233. The lowest BCUT2D eigenvalue weighted by atomic mass is 10.7. The van der Waals surface area contributed by atoms with Gasteiger partial charge >= 0.3 is 10.2 Å². The first-order valence-electron chi connectivity index (χ1n) is 3.17. The van der Waals surface area contributed by atoms with Gasteiger partial charge < -0.3 is 0 Å². The molecule has 0 unspecified atom stereocenters. The van der Waals surface area contributed by atoms with Gasteiger partial charge in [-0.25, -0.2) is 0 Å². The highest BCUT2D eigenvalue weighted by Gasteiger charge is 2.36. The molecular weight excluding hydrogens is 152 g/mol. The maximum atomic E-state index is 11.0. The average molecular weight is 160 g/mol. The SMILES string of the molecule is O=S1(=O)NC=CN1C1CC1. The summed E-state index contributed by atoms with van der Waals surface area (Å²) < 4.78 is 25.7. The second kappa shape index (κ2) is 1.66. The Kier molecular flexibility index (Phi) is 1.00. The minimum atomic E-state index is -3.15. The molecular formula is C5H8N2O2S. The van der Waals surface area contributed by atoms with Crippen LogP contribution < -0.4 is 4.72 Å². The molecule has 1 aliphatic carbocycles. The Morgan fingerprint density at radius 2 is 2.20 bits per heavy atom. The van der Waals surface area contributed by atoms with Crippen molar-refractivity contribution in [2.24, 2.45) is 0 Å². The fourth-order valence-corrected chi connectivity index (χ4v) is 2.16. The van der Waals surface area contributed by atoms with Crippen LogP contribution in [-0.2, 0) is 10.2 Å². The highest BCUT2D eigenvalue weighted by molar-refractivity contribution is 7.87. The smallest absolute Gasteiger partial charge is 0.272 e. The maximum Gasteiger partial charge on any atom is 0.323 e. The van der Waals surface area contributed by atoms with Gasteiger partial charge in [0.25, 0.3) is 0 Å². The summed E-state index contributed by atoms with van der Waals surface area (Å²) in [7, 11) is -3.15. The van der Waals surface area contributed by atoms with Gasteiger partial charge in [0, 0.05) is 18.4 Å². The number of nitrogens with zero attached hydrogens (tertiary/aromatic N) is 1. The topological polar surface area (TPSA) is 49.4 Å². The lowest BCUT2D eigenvalue weighted by molar-refractivity contribution is 0.500. The second-order valence-electron chi connectivity index (χ2n) is 2.50. The number of hydrogen-bond donors (Lipinski definition) is 1. The van der Waals surface area contributed by atoms with Gasteiger partial charge in [-0.3, -0.25) is 9.03 Å². The molecule has 1 aliphatic heterocycles. The van der Waals surface area contributed by atoms with Crippen molar-refractivity contribution < 1.29 is 8.42 Å². The molecule has 5 heteroatoms. The van der Waals surface area contributed by atoms with Crippen molar-refractivity contribution in [3.8, 4) is 0 Å². The van der Waals surface area contributed by atoms with E-state index in [0.29, 0.717) is 0 Å². The van der Waals surface area contributed by atoms with Crippen molar-refractivity contribution in [2.45, 2.75) is 18.9 Å². The van der Waals surface area contributed by atoms with E-state index in [2.05, 4.69) is 4.72 Å². The Hall–Kier alpha value is -0.710. The first-order chi connectivity index (χ1) is 4.70. The molecule has 0 atom stereocenters. The maximum absolute atomic E-state index is 11.0. The Bertz CT molecular complexity index is 265. The second-order valence-corrected chi connectivity index (χ2v) is 4.11. The average Bonchev–Trinajstić information content (AvgIpc) is 2.58. The largest absolute Gasteiger partial charge is 0.323 e. The third-order valence-corrected chi connectivity index (χ3v) is 3.03. The third kappa shape index (κ3) is 0.775. The molecule has 0 spiro atoms. The lowest BCUT2D eigenvalue weighted by Gasteiger charge is -2.11. The molecule has 1 saturated carbocycles. The monoisotopic (exact) mass is 160 g/mol. The number of nitrogens with one attached hydrogen (secondary N) is 1. The van der Waals surface area contributed by atoms with E-state index in [0.717, 1.165) is 12.8 Å². The van der Waals surface area contributed by atoms with Crippen molar-refractivity contribution in [3.05, 3.63) is 12.4 Å². The molecule has 0 aromatic carbocycles. The van der Waals surface area contributed by atoms with Crippen LogP contribution in [0.4, 0.5) is 0 Å². The Morgan fingerprint density at radius 3 is 2.60 bits per heavy atom. The fraction of sp³-hybridized carbons (Fsp3) is 0.600. The van der Waals surface area contributed by atoms with E-state index in [4.69, 9.17) is 0 Å². The molecule has 1 fully saturated rings. The van der Waals surface area contributed by atoms with Crippen LogP contribution in [0.5, 0.6) is 0 Å². The molecule has 0 radical (unpaired) electrons. The van der Waals surface area contributed by atoms with Gasteiger partial charge in [-0.1, -0.05) is 0 Å². The molecule has 0 saturated heterocycles. The van der Waals surface area contributed by atoms with Crippen molar-refractivity contribution in [1.82, 2.24) is 9.03 Å². The van der Waals surface area contributed by atoms with Gasteiger partial charge in [0.05, 0.1) is 0 Å². The van der Waals surface area contributed by atoms with Gasteiger partial charge in [-0.15, -0.1) is 0 Å². The molecule has 0 amide bonds. The lowest BCUT2D eigenvalue weighted by Crippen LogP contribution is -2.30. The molecule has 10 heavy (non-hydrogen) atoms. The van der Waals surface area contributed by atoms with Gasteiger partial charge in [0.15, 0.2) is 0 Å². The number of rotatable bonds is 1. The van der Waals surface area contributed by atoms with E-state index < -0.39 is 10.2 Å². The summed E-state index contributed by atoms with van der Waals surface area (Å²) in [6, 6.07) is 0.233. The Morgan fingerprint density at radius 1 is 1.50 bits per heavy atom. The van der Waals surface area contributed by atoms with E-state index in [9.17, 15) is 8.42 Å². The summed E-state index contributed by atoms with van der Waals surface area (Å²) in [6.45, 7) is 0. The zero-order chi connectivity index (χ0) is 7.19. The summed E-state index contributed by atoms with van der Waals surface area (Å²) in [5.74, 6) is 0. The fourth-order valence-electron chi connectivity index (χ4n) is 0.978. The summed E-state index contributed by atoms with van der Waals surface area (Å²) >= 11 is 0. The number of hydrogen-bond acceptors (Lipinski definition) is 2. The highest BCUT2D eigenvalue weighted by atomic mass is 32.2. The van der Waals surface area contributed by atoms with Crippen molar-refractivity contribution in [3.63, 3.8) is 0 Å². The molecule has 56 valence electrons. The van der Waals surface area contributed by atoms with Crippen LogP contribution in [-0.4, -0.2) is 18.8 Å². The molecule has 1 heterocycles. The minimum Gasteiger partial charge on any atom is -0.272 e. The van der Waals surface area contributed by atoms with Gasteiger partial charge in [-0.2, -0.15) is 8.42 Å². The van der Waals surface area contributed by atoms with E-state index in [1.165, 1.54) is 10.5 Å². The van der Waals surface area contributed by atoms with E-state index in [1.807, 2.05) is 0 Å². The van der Waals surface area contributed by atoms with Crippen molar-refractivity contribution >= 4 is 10.2 Å². The molecule has 0 bridgehead atoms. The van der Waals surface area contributed by atoms with Crippen LogP contribution in [0.2, 0.25) is 0 Å². The van der Waals surface area contributed by atoms with Crippen molar-refractivity contribution in [2.75, 3.05) is 0 Å². The quantitative estimate of drug-likeness (QED) is 0.576. The molecule has 0 aromatic rings. The van der Waals surface area contributed by atoms with Gasteiger partial charge in [0.2, 0.25) is 0 Å². The van der Waals surface area contributed by atoms with Crippen LogP contribution in [0.1, 0.15) is 12.8 Å². The molecule has 4 nitrogen and oxygen atoms in total. The predicted octanol–water partition coefficient (Wildman–Crippen LogP) is -0.230. The first-order valence-corrected chi connectivity index (χ1v) is 4.61. The van der Waals surface area contributed by atoms with Crippen LogP contribution in [0, 0.1) is 0 Å². The standard InChI is InChI=1S/C5H8N2O2S/c8-10(9)6-3-4-7(10)5-1-2-5/h3-6H,1-2H2. The third-order valence-electron chi connectivity index (χ3n) is 1.62. The summed E-state index contributed by atoms with van der Waals surface area (Å²) in [5, 5.41) is 0. The summed E-state index contributed by atoms with van der Waals surface area (Å²) in [4.78, 5) is 0. The Balaban J connectivity index is 2.27. The van der Waals surface area contributed by atoms with E-state index in [1.54, 1.807) is 6.20 Å². The van der Waals surface area contributed by atoms with E-state index in [-0.39, 0.29) is 6.04 Å². The van der Waals surface area contributed by atoms with Crippen LogP contribution in [0.15, 0.2) is 12.4 Å². The molecule has 2 aliphatic rings. The van der Waals surface area contributed by atoms with Crippen LogP contribution in [0.3, 0.4) is 0 Å². The zero-order valence-corrected chi connectivity index (χ0v) is 6.13. The summed E-state index contributed by atoms with van der Waals surface area (Å²) in [5.41, 5.74) is 0. The normalized spacial score (nSPS) is 28.6. The Labute approximate surface area is 59.7 Å². The first kappa shape index (κ1) is 6.03. The molecule has 1 N–H and O–H groups in total. The van der Waals surface area contributed by atoms with Crippen LogP contribution >= 0.6 is 0 Å². The van der Waals surface area contributed by atoms with Gasteiger partial charge in [0.1, 0.15) is 0 Å². The van der Waals surface area contributed by atoms with Crippen LogP contribution in [0.25, 0.3) is 0 Å². The molecule has 0 aromatic heterocycles. The highest BCUT2D eigenvalue weighted by Crippen LogP contribution is 2.30. The summed E-state index contributed by atoms with van der Waals surface area (Å²) in [6.07, 6.45) is 5.01. The zero-order valence-electron chi connectivity index (χ0n) is 5.32. The molecule has 2 rings (SSSR count). The van der Waals surface area contributed by atoms with E-state index >= 15 is 0 Å². The van der Waals surface area contributed by atoms with Gasteiger partial charge in [-0.05, 0) is 12.8 Å².